The van der Waals surface area contributed by atoms with E-state index in [1.54, 1.807) is 0 Å². The van der Waals surface area contributed by atoms with Crippen molar-refractivity contribution in [2.45, 2.75) is 183 Å². The van der Waals surface area contributed by atoms with Crippen LogP contribution >= 0.6 is 0 Å². The van der Waals surface area contributed by atoms with Gasteiger partial charge in [-0.15, -0.1) is 0 Å². The van der Waals surface area contributed by atoms with Gasteiger partial charge in [0, 0.05) is 17.7 Å². The van der Waals surface area contributed by atoms with Gasteiger partial charge in [0.15, 0.2) is 74.4 Å². The zero-order valence-corrected chi connectivity index (χ0v) is 71.7. The highest BCUT2D eigenvalue weighted by Gasteiger charge is 2.65. The maximum atomic E-state index is 12.8. The van der Waals surface area contributed by atoms with Crippen molar-refractivity contribution < 1.29 is 143 Å². The Hall–Kier alpha value is -10.1. The van der Waals surface area contributed by atoms with E-state index in [1.807, 2.05) is 0 Å². The summed E-state index contributed by atoms with van der Waals surface area (Å²) in [5, 5.41) is -17.5. The fourth-order valence-electron chi connectivity index (χ4n) is 9.56. The lowest BCUT2D eigenvalue weighted by Gasteiger charge is -2.29. The number of carbonyl (C=O) groups excluding carboxylic acids is 3. The molecule has 9 aromatic rings. The van der Waals surface area contributed by atoms with Gasteiger partial charge in [-0.2, -0.15) is 65.9 Å². The Balaban J connectivity index is 0.000000312. The summed E-state index contributed by atoms with van der Waals surface area (Å²) in [6.07, 6.45) is -30.8. The van der Waals surface area contributed by atoms with Crippen LogP contribution in [0.3, 0.4) is 0 Å². The zero-order valence-electron chi connectivity index (χ0n) is 66.8. The van der Waals surface area contributed by atoms with E-state index in [9.17, 15) is 119 Å². The number of alkyl halides is 15. The lowest BCUT2D eigenvalue weighted by molar-refractivity contribution is -0.257. The van der Waals surface area contributed by atoms with Crippen LogP contribution in [0.15, 0.2) is 336 Å². The molecule has 9 rings (SSSR count). The van der Waals surface area contributed by atoms with Crippen molar-refractivity contribution in [3.63, 3.8) is 0 Å². The normalized spacial score (nSPS) is 13.1. The summed E-state index contributed by atoms with van der Waals surface area (Å²) in [5.41, 5.74) is 0.537. The van der Waals surface area contributed by atoms with Gasteiger partial charge in [-0.25, -0.2) is 39.6 Å². The van der Waals surface area contributed by atoms with E-state index >= 15 is 0 Å². The molecule has 0 saturated carbocycles. The molecule has 0 aliphatic carbocycles. The summed E-state index contributed by atoms with van der Waals surface area (Å²) < 4.78 is 297. The summed E-state index contributed by atoms with van der Waals surface area (Å²) in [4.78, 5) is 43.5. The molecule has 0 radical (unpaired) electrons. The van der Waals surface area contributed by atoms with Gasteiger partial charge in [0.2, 0.25) is 0 Å². The molecule has 0 saturated heterocycles. The molecule has 666 valence electrons. The summed E-state index contributed by atoms with van der Waals surface area (Å²) in [6.45, 7) is 28.1. The van der Waals surface area contributed by atoms with Gasteiger partial charge in [0.05, 0.1) is 32.7 Å². The van der Waals surface area contributed by atoms with Gasteiger partial charge in [0.1, 0.15) is 22.7 Å². The lowest BCUT2D eigenvalue weighted by atomic mass is 9.87. The number of rotatable bonds is 23. The fraction of sp³-hybridized carbons (Fsp3) is 0.259. The number of halogens is 15. The largest absolute Gasteiger partial charge is 0.743 e. The third-order valence-corrected chi connectivity index (χ3v) is 24.3. The molecule has 9 aromatic carbocycles. The third-order valence-electron chi connectivity index (χ3n) is 15.0. The van der Waals surface area contributed by atoms with Gasteiger partial charge in [-0.3, -0.25) is 0 Å². The second-order valence-corrected chi connectivity index (χ2v) is 38.7. The summed E-state index contributed by atoms with van der Waals surface area (Å²) in [6, 6.07) is 90.5. The average molecular weight is 1850 g/mol. The quantitative estimate of drug-likeness (QED) is 0.0144. The van der Waals surface area contributed by atoms with E-state index in [1.165, 1.54) is 49.6 Å². The molecule has 0 N–H and O–H groups in total. The lowest BCUT2D eigenvalue weighted by Crippen LogP contribution is -2.52. The van der Waals surface area contributed by atoms with Crippen molar-refractivity contribution >= 4 is 80.9 Å². The zero-order chi connectivity index (χ0) is 93.3. The highest BCUT2D eigenvalue weighted by molar-refractivity contribution is 7.97. The Morgan fingerprint density at radius 2 is 0.512 bits per heavy atom. The number of hydrogen-bond donors (Lipinski definition) is 0. The van der Waals surface area contributed by atoms with Crippen molar-refractivity contribution in [1.29, 1.82) is 0 Å². The first-order chi connectivity index (χ1) is 56.5. The number of ether oxygens (including phenoxy) is 5. The van der Waals surface area contributed by atoms with E-state index in [0.717, 1.165) is 18.4 Å². The van der Waals surface area contributed by atoms with Crippen LogP contribution in [0.4, 0.5) is 65.9 Å². The summed E-state index contributed by atoms with van der Waals surface area (Å²) in [5.74, 6) is -3.97. The average Bonchev–Trinajstić information content (AvgIpc) is 0.782. The molecular weight excluding hydrogens is 1770 g/mol. The standard InChI is InChI=1S/2C22H23OS.C22H23S.C7H7F5O5S.2C6H5F5O5S/c2*1-22(2,3)23-18-14-16-21(17-15-18)24(19-10-6-4-7-11-19)20-12-8-5-9-13-20;1-22(2,3)18-14-16-21(17-15-18)23(19-10-6-4-7-11-19)20-12-8-5-9-13-20;1-3(2)4(13)17-5(6(8,9)10)7(11,12)18(14,15)16;2*1-2-3(12)16-4(5(7,8)9)6(10,11)17(13,14)15/h2*4-17H,1-3H3;4-17H,1-3H3;5H,1H2,2H3,(H,14,15,16);2*2,4H,1H2,(H,13,14,15)/q3*+1;;;/p-3. The van der Waals surface area contributed by atoms with Gasteiger partial charge < -0.3 is 37.3 Å². The smallest absolute Gasteiger partial charge is 0.432 e. The first-order valence-electron chi connectivity index (χ1n) is 35.4. The minimum Gasteiger partial charge on any atom is -0.743 e. The Bertz CT molecular complexity index is 4910. The molecule has 0 spiro atoms. The maximum Gasteiger partial charge on any atom is 0.432 e. The van der Waals surface area contributed by atoms with Crippen LogP contribution in [0.25, 0.3) is 0 Å². The monoisotopic (exact) mass is 1850 g/mol. The molecule has 38 heteroatoms. The molecular formula is C85H83F15O17S6. The number of esters is 3. The first-order valence-corrected chi connectivity index (χ1v) is 43.3. The predicted octanol–water partition coefficient (Wildman–Crippen LogP) is 20.7. The number of hydrogen-bond acceptors (Lipinski definition) is 17. The Morgan fingerprint density at radius 3 is 0.675 bits per heavy atom. The van der Waals surface area contributed by atoms with E-state index < -0.39 is 106 Å². The van der Waals surface area contributed by atoms with Crippen LogP contribution < -0.4 is 9.47 Å². The highest BCUT2D eigenvalue weighted by atomic mass is 32.2. The van der Waals surface area contributed by atoms with Crippen molar-refractivity contribution in [2.24, 2.45) is 0 Å². The van der Waals surface area contributed by atoms with Gasteiger partial charge in [-0.05, 0) is 193 Å². The van der Waals surface area contributed by atoms with Crippen molar-refractivity contribution in [2.75, 3.05) is 0 Å². The minimum absolute atomic E-state index is 0.0497. The minimum atomic E-state index is -6.67. The highest BCUT2D eigenvalue weighted by Crippen LogP contribution is 2.43. The first kappa shape index (κ1) is 105. The number of benzene rings is 9. The second kappa shape index (κ2) is 44.0. The third kappa shape index (κ3) is 32.9. The molecule has 0 aliphatic heterocycles. The van der Waals surface area contributed by atoms with E-state index in [0.29, 0.717) is 0 Å². The Labute approximate surface area is 711 Å². The van der Waals surface area contributed by atoms with Crippen LogP contribution in [-0.2, 0) is 97.0 Å². The SMILES string of the molecule is C=C(C)C(=O)OC(C(F)(F)F)C(F)(F)S(=O)(=O)[O-].C=CC(=O)OC(C(F)(F)F)C(F)(F)S(=O)(=O)[O-].C=CC(=O)OC(C(F)(F)F)C(F)(F)S(=O)(=O)[O-].CC(C)(C)Oc1ccc([S+](c2ccccc2)c2ccccc2)cc1.CC(C)(C)Oc1ccc([S+](c2ccccc2)c2ccccc2)cc1.CC(C)(C)c1ccc([S+](c2ccccc2)c2ccccc2)cc1. The van der Waals surface area contributed by atoms with Crippen LogP contribution in [0.5, 0.6) is 11.5 Å². The van der Waals surface area contributed by atoms with Crippen LogP contribution in [-0.4, -0.2) is 121 Å². The van der Waals surface area contributed by atoms with Crippen LogP contribution in [0.1, 0.15) is 74.8 Å². The van der Waals surface area contributed by atoms with Gasteiger partial charge in [-0.1, -0.05) is 162 Å². The van der Waals surface area contributed by atoms with E-state index in [-0.39, 0.29) is 61.5 Å². The van der Waals surface area contributed by atoms with Gasteiger partial charge >= 0.3 is 52.2 Å². The Morgan fingerprint density at radius 1 is 0.325 bits per heavy atom. The van der Waals surface area contributed by atoms with Crippen molar-refractivity contribution in [3.8, 4) is 11.5 Å². The van der Waals surface area contributed by atoms with Gasteiger partial charge in [0.25, 0.3) is 18.3 Å². The summed E-state index contributed by atoms with van der Waals surface area (Å²) in [7, 11) is -20.2. The Kier molecular flexibility index (Phi) is 37.7. The molecule has 0 amide bonds. The molecule has 123 heavy (non-hydrogen) atoms. The topological polar surface area (TPSA) is 269 Å². The fourth-order valence-corrected chi connectivity index (χ4v) is 17.1. The molecule has 0 aliphatic rings. The molecule has 0 fully saturated rings. The second-order valence-electron chi connectivity index (χ2n) is 28.2. The molecule has 3 unspecified atom stereocenters. The van der Waals surface area contributed by atoms with Crippen LogP contribution in [0, 0.1) is 0 Å². The van der Waals surface area contributed by atoms with Crippen molar-refractivity contribution in [1.82, 2.24) is 0 Å². The number of carbonyl (C=O) groups is 3. The molecule has 3 atom stereocenters. The van der Waals surface area contributed by atoms with E-state index in [2.05, 4.69) is 351 Å². The molecule has 0 aromatic heterocycles. The summed E-state index contributed by atoms with van der Waals surface area (Å²) >= 11 is 0. The van der Waals surface area contributed by atoms with E-state index in [4.69, 9.17) is 9.47 Å². The van der Waals surface area contributed by atoms with Crippen LogP contribution in [0.2, 0.25) is 0 Å². The molecule has 17 nitrogen and oxygen atoms in total. The van der Waals surface area contributed by atoms with Crippen molar-refractivity contribution in [3.05, 3.63) is 298 Å². The molecule has 0 heterocycles. The predicted molar refractivity (Wildman–Crippen MR) is 431 cm³/mol. The maximum absolute atomic E-state index is 12.8. The molecule has 0 bridgehead atoms.